The molecule has 0 radical (unpaired) electrons. The standard InChI is InChI=1S/C11H17NO6S2/c1-19(13,14)17-8-4-6-11(18-20(2,15)16)10-5-3-7-12-9-10/h3,5,7,9,11H,4,6,8H2,1-2H3/t11-/m1/s1. The van der Waals surface area contributed by atoms with Gasteiger partial charge in [-0.3, -0.25) is 13.4 Å². The number of nitrogens with zero attached hydrogens (tertiary/aromatic N) is 1. The van der Waals surface area contributed by atoms with Crippen molar-refractivity contribution in [1.82, 2.24) is 4.98 Å². The van der Waals surface area contributed by atoms with Crippen LogP contribution < -0.4 is 0 Å². The van der Waals surface area contributed by atoms with E-state index in [0.29, 0.717) is 18.4 Å². The highest BCUT2D eigenvalue weighted by atomic mass is 32.2. The van der Waals surface area contributed by atoms with Gasteiger partial charge in [0.05, 0.1) is 19.1 Å². The highest BCUT2D eigenvalue weighted by Crippen LogP contribution is 2.23. The Hall–Kier alpha value is -1.03. The number of pyridine rings is 1. The Balaban J connectivity index is 2.65. The predicted octanol–water partition coefficient (Wildman–Crippen LogP) is 0.855. The van der Waals surface area contributed by atoms with E-state index in [0.717, 1.165) is 12.5 Å². The minimum atomic E-state index is -3.62. The lowest BCUT2D eigenvalue weighted by atomic mass is 10.1. The van der Waals surface area contributed by atoms with E-state index in [1.54, 1.807) is 18.3 Å². The maximum Gasteiger partial charge on any atom is 0.264 e. The molecule has 7 nitrogen and oxygen atoms in total. The maximum atomic E-state index is 11.2. The first kappa shape index (κ1) is 17.0. The fourth-order valence-electron chi connectivity index (χ4n) is 1.53. The number of rotatable bonds is 8. The average Bonchev–Trinajstić information content (AvgIpc) is 2.31. The summed E-state index contributed by atoms with van der Waals surface area (Å²) in [4.78, 5) is 3.90. The normalized spacial score (nSPS) is 14.1. The molecule has 0 N–H and O–H groups in total. The van der Waals surface area contributed by atoms with Gasteiger partial charge in [-0.25, -0.2) is 0 Å². The molecular formula is C11H17NO6S2. The molecule has 1 aromatic rings. The zero-order chi connectivity index (χ0) is 15.2. The fourth-order valence-corrected chi connectivity index (χ4v) is 2.58. The minimum Gasteiger partial charge on any atom is -0.270 e. The third kappa shape index (κ3) is 7.53. The van der Waals surface area contributed by atoms with E-state index in [1.807, 2.05) is 0 Å². The molecule has 0 aliphatic carbocycles. The van der Waals surface area contributed by atoms with Crippen LogP contribution in [0, 0.1) is 0 Å². The van der Waals surface area contributed by atoms with E-state index in [9.17, 15) is 16.8 Å². The van der Waals surface area contributed by atoms with Gasteiger partial charge in [0, 0.05) is 18.0 Å². The van der Waals surface area contributed by atoms with Crippen molar-refractivity contribution in [2.75, 3.05) is 19.1 Å². The molecule has 0 aromatic carbocycles. The van der Waals surface area contributed by atoms with Gasteiger partial charge >= 0.3 is 0 Å². The largest absolute Gasteiger partial charge is 0.270 e. The van der Waals surface area contributed by atoms with Gasteiger partial charge in [0.25, 0.3) is 20.2 Å². The Bertz CT molecular complexity index is 612. The summed E-state index contributed by atoms with van der Waals surface area (Å²) in [6.45, 7) is -0.0251. The molecule has 0 amide bonds. The zero-order valence-corrected chi connectivity index (χ0v) is 12.9. The number of aromatic nitrogens is 1. The predicted molar refractivity (Wildman–Crippen MR) is 72.9 cm³/mol. The molecule has 0 spiro atoms. The molecule has 1 rings (SSSR count). The molecule has 0 unspecified atom stereocenters. The summed E-state index contributed by atoms with van der Waals surface area (Å²) in [5.41, 5.74) is 0.609. The van der Waals surface area contributed by atoms with Gasteiger partial charge in [0.2, 0.25) is 0 Å². The van der Waals surface area contributed by atoms with Crippen molar-refractivity contribution in [3.63, 3.8) is 0 Å². The molecule has 0 aliphatic heterocycles. The smallest absolute Gasteiger partial charge is 0.264 e. The van der Waals surface area contributed by atoms with E-state index >= 15 is 0 Å². The van der Waals surface area contributed by atoms with Crippen LogP contribution in [0.15, 0.2) is 24.5 Å². The van der Waals surface area contributed by atoms with Crippen LogP contribution in [0.5, 0.6) is 0 Å². The average molecular weight is 323 g/mol. The van der Waals surface area contributed by atoms with Crippen molar-refractivity contribution in [2.45, 2.75) is 18.9 Å². The van der Waals surface area contributed by atoms with Crippen molar-refractivity contribution in [2.24, 2.45) is 0 Å². The summed E-state index contributed by atoms with van der Waals surface area (Å²) < 4.78 is 53.7. The summed E-state index contributed by atoms with van der Waals surface area (Å²) >= 11 is 0. The van der Waals surface area contributed by atoms with E-state index in [2.05, 4.69) is 9.17 Å². The highest BCUT2D eigenvalue weighted by Gasteiger charge is 2.18. The second-order valence-electron chi connectivity index (χ2n) is 4.24. The third-order valence-electron chi connectivity index (χ3n) is 2.26. The van der Waals surface area contributed by atoms with Crippen LogP contribution in [0.2, 0.25) is 0 Å². The first-order chi connectivity index (χ1) is 9.17. The molecule has 0 aliphatic rings. The van der Waals surface area contributed by atoms with E-state index in [4.69, 9.17) is 4.18 Å². The lowest BCUT2D eigenvalue weighted by molar-refractivity contribution is 0.188. The van der Waals surface area contributed by atoms with Crippen molar-refractivity contribution >= 4 is 20.2 Å². The summed E-state index contributed by atoms with van der Waals surface area (Å²) in [6.07, 6.45) is 4.92. The summed E-state index contributed by atoms with van der Waals surface area (Å²) in [6, 6.07) is 3.36. The van der Waals surface area contributed by atoms with Gasteiger partial charge in [0.15, 0.2) is 0 Å². The van der Waals surface area contributed by atoms with E-state index in [-0.39, 0.29) is 6.61 Å². The SMILES string of the molecule is CS(=O)(=O)OCCC[C@@H](OS(C)(=O)=O)c1cccnc1. The van der Waals surface area contributed by atoms with Crippen molar-refractivity contribution < 1.29 is 25.2 Å². The molecule has 0 fully saturated rings. The van der Waals surface area contributed by atoms with Crippen LogP contribution in [0.1, 0.15) is 24.5 Å². The van der Waals surface area contributed by atoms with Crippen molar-refractivity contribution in [3.8, 4) is 0 Å². The van der Waals surface area contributed by atoms with Gasteiger partial charge in [-0.1, -0.05) is 6.07 Å². The lowest BCUT2D eigenvalue weighted by Crippen LogP contribution is -2.12. The van der Waals surface area contributed by atoms with Crippen LogP contribution in [-0.4, -0.2) is 40.9 Å². The second-order valence-corrected chi connectivity index (χ2v) is 7.49. The van der Waals surface area contributed by atoms with Crippen LogP contribution >= 0.6 is 0 Å². The summed E-state index contributed by atoms with van der Waals surface area (Å²) in [7, 11) is -7.12. The van der Waals surface area contributed by atoms with Crippen LogP contribution in [0.3, 0.4) is 0 Å². The Labute approximate surface area is 119 Å². The Morgan fingerprint density at radius 2 is 1.90 bits per heavy atom. The molecule has 114 valence electrons. The van der Waals surface area contributed by atoms with Gasteiger partial charge < -0.3 is 0 Å². The Morgan fingerprint density at radius 1 is 1.20 bits per heavy atom. The molecule has 20 heavy (non-hydrogen) atoms. The third-order valence-corrected chi connectivity index (χ3v) is 3.43. The molecule has 0 saturated heterocycles. The van der Waals surface area contributed by atoms with Crippen LogP contribution in [0.25, 0.3) is 0 Å². The Kier molecular flexibility index (Phi) is 6.06. The first-order valence-corrected chi connectivity index (χ1v) is 9.43. The molecule has 1 heterocycles. The minimum absolute atomic E-state index is 0.0251. The number of hydrogen-bond acceptors (Lipinski definition) is 7. The topological polar surface area (TPSA) is 99.6 Å². The lowest BCUT2D eigenvalue weighted by Gasteiger charge is -2.16. The highest BCUT2D eigenvalue weighted by molar-refractivity contribution is 7.86. The fraction of sp³-hybridized carbons (Fsp3) is 0.545. The van der Waals surface area contributed by atoms with Crippen molar-refractivity contribution in [3.05, 3.63) is 30.1 Å². The maximum absolute atomic E-state index is 11.2. The first-order valence-electron chi connectivity index (χ1n) is 5.80. The zero-order valence-electron chi connectivity index (χ0n) is 11.2. The monoisotopic (exact) mass is 323 g/mol. The summed E-state index contributed by atoms with van der Waals surface area (Å²) in [5, 5.41) is 0. The van der Waals surface area contributed by atoms with Gasteiger partial charge in [-0.2, -0.15) is 16.8 Å². The van der Waals surface area contributed by atoms with Gasteiger partial charge in [0.1, 0.15) is 6.10 Å². The molecule has 1 atom stereocenters. The van der Waals surface area contributed by atoms with Crippen molar-refractivity contribution in [1.29, 1.82) is 0 Å². The van der Waals surface area contributed by atoms with Gasteiger partial charge in [-0.15, -0.1) is 0 Å². The molecule has 0 saturated carbocycles. The molecular weight excluding hydrogens is 306 g/mol. The molecule has 0 bridgehead atoms. The van der Waals surface area contributed by atoms with Gasteiger partial charge in [-0.05, 0) is 18.9 Å². The van der Waals surface area contributed by atoms with Crippen LogP contribution in [-0.2, 0) is 28.6 Å². The van der Waals surface area contributed by atoms with E-state index < -0.39 is 26.3 Å². The quantitative estimate of drug-likeness (QED) is 0.516. The second kappa shape index (κ2) is 7.11. The number of hydrogen-bond donors (Lipinski definition) is 0. The molecule has 1 aromatic heterocycles. The van der Waals surface area contributed by atoms with E-state index in [1.165, 1.54) is 6.20 Å². The summed E-state index contributed by atoms with van der Waals surface area (Å²) in [5.74, 6) is 0. The Morgan fingerprint density at radius 3 is 2.40 bits per heavy atom. The molecule has 9 heteroatoms. The van der Waals surface area contributed by atoms with Crippen LogP contribution in [0.4, 0.5) is 0 Å².